The third-order valence-corrected chi connectivity index (χ3v) is 4.01. The van der Waals surface area contributed by atoms with Gasteiger partial charge in [-0.2, -0.15) is 0 Å². The Kier molecular flexibility index (Phi) is 3.26. The van der Waals surface area contributed by atoms with Gasteiger partial charge in [-0.25, -0.2) is 0 Å². The molecule has 1 unspecified atom stereocenters. The summed E-state index contributed by atoms with van der Waals surface area (Å²) in [5.74, 6) is 1.18. The summed E-state index contributed by atoms with van der Waals surface area (Å²) in [7, 11) is 1.70. The summed E-state index contributed by atoms with van der Waals surface area (Å²) in [6.45, 7) is 2.05. The minimum Gasteiger partial charge on any atom is -0.496 e. The fourth-order valence-electron chi connectivity index (χ4n) is 3.06. The molecule has 1 aromatic heterocycles. The Morgan fingerprint density at radius 2 is 2.00 bits per heavy atom. The zero-order chi connectivity index (χ0) is 14.1. The fraction of sp³-hybridized carbons (Fsp3) is 0.294. The lowest BCUT2D eigenvalue weighted by Gasteiger charge is -2.27. The third-order valence-electron chi connectivity index (χ3n) is 4.01. The molecule has 0 aliphatic heterocycles. The summed E-state index contributed by atoms with van der Waals surface area (Å²) >= 11 is 0. The molecule has 1 N–H and O–H groups in total. The Morgan fingerprint density at radius 3 is 2.80 bits per heavy atom. The number of ether oxygens (including phenoxy) is 1. The highest BCUT2D eigenvalue weighted by Crippen LogP contribution is 2.36. The van der Waals surface area contributed by atoms with Crippen molar-refractivity contribution in [3.8, 4) is 5.75 Å². The van der Waals surface area contributed by atoms with Gasteiger partial charge in [0, 0.05) is 17.5 Å². The Morgan fingerprint density at radius 1 is 1.20 bits per heavy atom. The zero-order valence-corrected chi connectivity index (χ0v) is 11.8. The maximum Gasteiger partial charge on any atom is 0.122 e. The molecule has 0 saturated carbocycles. The number of benzene rings is 1. The molecule has 1 aliphatic carbocycles. The average molecular weight is 266 g/mol. The summed E-state index contributed by atoms with van der Waals surface area (Å²) < 4.78 is 5.45. The van der Waals surface area contributed by atoms with Gasteiger partial charge < -0.3 is 10.1 Å². The molecule has 1 heterocycles. The first-order valence-corrected chi connectivity index (χ1v) is 6.86. The first-order valence-electron chi connectivity index (χ1n) is 6.86. The lowest BCUT2D eigenvalue weighted by molar-refractivity contribution is 0.405. The van der Waals surface area contributed by atoms with E-state index in [-0.39, 0.29) is 5.92 Å². The number of para-hydroxylation sites is 1. The summed E-state index contributed by atoms with van der Waals surface area (Å²) in [4.78, 5) is 4.48. The Hall–Kier alpha value is -2.16. The normalized spacial score (nSPS) is 17.7. The molecule has 0 fully saturated rings. The number of fused-ring (bicyclic) bond motifs is 1. The fourth-order valence-corrected chi connectivity index (χ4v) is 3.06. The van der Waals surface area contributed by atoms with Gasteiger partial charge in [0.05, 0.1) is 12.8 Å². The van der Waals surface area contributed by atoms with Gasteiger partial charge in [-0.3, -0.25) is 4.98 Å². The number of methoxy groups -OCH3 is 1. The molecule has 0 saturated heterocycles. The quantitative estimate of drug-likeness (QED) is 0.904. The molecule has 0 radical (unpaired) electrons. The van der Waals surface area contributed by atoms with Crippen molar-refractivity contribution in [3.05, 3.63) is 58.9 Å². The van der Waals surface area contributed by atoms with Crippen LogP contribution in [-0.2, 0) is 6.42 Å². The molecule has 1 aromatic carbocycles. The number of hydrogen-bond acceptors (Lipinski definition) is 3. The van der Waals surface area contributed by atoms with E-state index in [2.05, 4.69) is 18.0 Å². The molecule has 2 aromatic rings. The van der Waals surface area contributed by atoms with Crippen molar-refractivity contribution in [3.63, 3.8) is 0 Å². The van der Waals surface area contributed by atoms with Gasteiger partial charge in [0.2, 0.25) is 0 Å². The first kappa shape index (κ1) is 12.9. The predicted octanol–water partition coefficient (Wildman–Crippen LogP) is 3.50. The van der Waals surface area contributed by atoms with E-state index in [1.54, 1.807) is 7.11 Å². The highest BCUT2D eigenvalue weighted by atomic mass is 16.5. The summed E-state index contributed by atoms with van der Waals surface area (Å²) in [5, 5.41) is 8.34. The highest BCUT2D eigenvalue weighted by molar-refractivity contribution is 6.02. The Labute approximate surface area is 119 Å². The van der Waals surface area contributed by atoms with E-state index in [0.29, 0.717) is 5.71 Å². The molecule has 0 bridgehead atoms. The second-order valence-electron chi connectivity index (χ2n) is 5.28. The topological polar surface area (TPSA) is 46.0 Å². The number of aryl methyl sites for hydroxylation is 1. The van der Waals surface area contributed by atoms with Crippen LogP contribution in [0.3, 0.4) is 0 Å². The van der Waals surface area contributed by atoms with E-state index in [0.717, 1.165) is 35.4 Å². The predicted molar refractivity (Wildman–Crippen MR) is 79.9 cm³/mol. The van der Waals surface area contributed by atoms with Crippen LogP contribution < -0.4 is 4.74 Å². The van der Waals surface area contributed by atoms with Crippen LogP contribution in [0.1, 0.15) is 34.7 Å². The number of hydrogen-bond donors (Lipinski definition) is 1. The van der Waals surface area contributed by atoms with Gasteiger partial charge >= 0.3 is 0 Å². The lowest BCUT2D eigenvalue weighted by atomic mass is 9.80. The van der Waals surface area contributed by atoms with Crippen LogP contribution >= 0.6 is 0 Å². The smallest absolute Gasteiger partial charge is 0.122 e. The second-order valence-corrected chi connectivity index (χ2v) is 5.28. The number of rotatable bonds is 2. The van der Waals surface area contributed by atoms with Crippen LogP contribution in [0.5, 0.6) is 5.75 Å². The van der Waals surface area contributed by atoms with E-state index >= 15 is 0 Å². The van der Waals surface area contributed by atoms with Crippen LogP contribution in [0.4, 0.5) is 0 Å². The zero-order valence-electron chi connectivity index (χ0n) is 11.8. The maximum atomic E-state index is 8.34. The summed E-state index contributed by atoms with van der Waals surface area (Å²) in [6, 6.07) is 10.1. The largest absolute Gasteiger partial charge is 0.496 e. The van der Waals surface area contributed by atoms with Gasteiger partial charge in [-0.1, -0.05) is 18.2 Å². The van der Waals surface area contributed by atoms with Gasteiger partial charge in [-0.15, -0.1) is 0 Å². The SMILES string of the molecule is COc1ccccc1C1CC(=N)c2c(C)ccnc2C1. The molecule has 0 spiro atoms. The molecule has 20 heavy (non-hydrogen) atoms. The second kappa shape index (κ2) is 5.08. The van der Waals surface area contributed by atoms with E-state index < -0.39 is 0 Å². The van der Waals surface area contributed by atoms with Crippen LogP contribution in [0, 0.1) is 12.3 Å². The molecule has 0 amide bonds. The van der Waals surface area contributed by atoms with Crippen molar-refractivity contribution in [2.45, 2.75) is 25.7 Å². The molecular formula is C17H18N2O. The molecule has 3 heteroatoms. The Bertz CT molecular complexity index is 664. The standard InChI is InChI=1S/C17H18N2O/c1-11-7-8-19-15-10-12(9-14(18)17(11)15)13-5-3-4-6-16(13)20-2/h3-8,12,18H,9-10H2,1-2H3. The molecule has 1 aliphatic rings. The average Bonchev–Trinajstić information content (AvgIpc) is 2.47. The molecular weight excluding hydrogens is 248 g/mol. The monoisotopic (exact) mass is 266 g/mol. The minimum atomic E-state index is 0.278. The van der Waals surface area contributed by atoms with Crippen LogP contribution in [-0.4, -0.2) is 17.8 Å². The molecule has 102 valence electrons. The van der Waals surface area contributed by atoms with Crippen molar-refractivity contribution in [2.24, 2.45) is 0 Å². The van der Waals surface area contributed by atoms with Crippen LogP contribution in [0.25, 0.3) is 0 Å². The van der Waals surface area contributed by atoms with E-state index in [1.165, 1.54) is 5.56 Å². The molecule has 3 rings (SSSR count). The molecule has 1 atom stereocenters. The Balaban J connectivity index is 2.02. The number of nitrogens with zero attached hydrogens (tertiary/aromatic N) is 1. The van der Waals surface area contributed by atoms with Crippen LogP contribution in [0.15, 0.2) is 36.5 Å². The highest BCUT2D eigenvalue weighted by Gasteiger charge is 2.27. The van der Waals surface area contributed by atoms with Crippen molar-refractivity contribution >= 4 is 5.71 Å². The van der Waals surface area contributed by atoms with Crippen molar-refractivity contribution in [2.75, 3.05) is 7.11 Å². The molecule has 3 nitrogen and oxygen atoms in total. The minimum absolute atomic E-state index is 0.278. The number of nitrogens with one attached hydrogen (secondary N) is 1. The van der Waals surface area contributed by atoms with E-state index in [9.17, 15) is 0 Å². The van der Waals surface area contributed by atoms with Gasteiger partial charge in [-0.05, 0) is 48.9 Å². The van der Waals surface area contributed by atoms with Crippen molar-refractivity contribution in [1.82, 2.24) is 4.98 Å². The van der Waals surface area contributed by atoms with Crippen LogP contribution in [0.2, 0.25) is 0 Å². The van der Waals surface area contributed by atoms with Gasteiger partial charge in [0.1, 0.15) is 5.75 Å². The van der Waals surface area contributed by atoms with E-state index in [1.807, 2.05) is 30.5 Å². The van der Waals surface area contributed by atoms with Gasteiger partial charge in [0.15, 0.2) is 0 Å². The maximum absolute atomic E-state index is 8.34. The number of pyridine rings is 1. The lowest BCUT2D eigenvalue weighted by Crippen LogP contribution is -2.21. The van der Waals surface area contributed by atoms with Crippen molar-refractivity contribution < 1.29 is 4.74 Å². The van der Waals surface area contributed by atoms with E-state index in [4.69, 9.17) is 10.1 Å². The summed E-state index contributed by atoms with van der Waals surface area (Å²) in [5.41, 5.74) is 5.09. The third kappa shape index (κ3) is 2.09. The summed E-state index contributed by atoms with van der Waals surface area (Å²) in [6.07, 6.45) is 3.46. The first-order chi connectivity index (χ1) is 9.70. The number of aromatic nitrogens is 1. The van der Waals surface area contributed by atoms with Gasteiger partial charge in [0.25, 0.3) is 0 Å². The van der Waals surface area contributed by atoms with Crippen molar-refractivity contribution in [1.29, 1.82) is 5.41 Å².